The molecule has 2 saturated heterocycles. The molecular formula is C13H24N2O2. The lowest BCUT2D eigenvalue weighted by Crippen LogP contribution is -2.65. The summed E-state index contributed by atoms with van der Waals surface area (Å²) in [5, 5.41) is 3.40. The molecule has 0 aromatic heterocycles. The maximum Gasteiger partial charge on any atom is 0.243 e. The molecule has 0 aromatic rings. The molecule has 0 radical (unpaired) electrons. The SMILES string of the molecule is CC1(C(=O)N2CCOCC2(C)C)CCCCN1. The van der Waals surface area contributed by atoms with Crippen LogP contribution in [0.25, 0.3) is 0 Å². The van der Waals surface area contributed by atoms with Crippen molar-refractivity contribution in [3.63, 3.8) is 0 Å². The van der Waals surface area contributed by atoms with Gasteiger partial charge in [0.25, 0.3) is 0 Å². The average Bonchev–Trinajstić information content (AvgIpc) is 2.28. The van der Waals surface area contributed by atoms with Crippen molar-refractivity contribution in [1.82, 2.24) is 10.2 Å². The minimum atomic E-state index is -0.368. The van der Waals surface area contributed by atoms with Crippen molar-refractivity contribution in [1.29, 1.82) is 0 Å². The van der Waals surface area contributed by atoms with Gasteiger partial charge in [-0.25, -0.2) is 0 Å². The number of carbonyl (C=O) groups is 1. The first-order valence-electron chi connectivity index (χ1n) is 6.61. The van der Waals surface area contributed by atoms with Gasteiger partial charge in [-0.15, -0.1) is 0 Å². The number of carbonyl (C=O) groups excluding carboxylic acids is 1. The highest BCUT2D eigenvalue weighted by Crippen LogP contribution is 2.27. The smallest absolute Gasteiger partial charge is 0.243 e. The van der Waals surface area contributed by atoms with E-state index in [-0.39, 0.29) is 17.0 Å². The van der Waals surface area contributed by atoms with Gasteiger partial charge < -0.3 is 15.0 Å². The van der Waals surface area contributed by atoms with E-state index in [1.54, 1.807) is 0 Å². The molecule has 2 fully saturated rings. The lowest BCUT2D eigenvalue weighted by Gasteiger charge is -2.47. The molecule has 1 unspecified atom stereocenters. The Labute approximate surface area is 104 Å². The van der Waals surface area contributed by atoms with Crippen LogP contribution in [-0.2, 0) is 9.53 Å². The van der Waals surface area contributed by atoms with Crippen LogP contribution in [0.3, 0.4) is 0 Å². The molecule has 0 saturated carbocycles. The standard InChI is InChI=1S/C13H24N2O2/c1-12(2)10-17-9-8-15(12)11(16)13(3)6-4-5-7-14-13/h14H,4-10H2,1-3H3. The Bertz CT molecular complexity index is 296. The average molecular weight is 240 g/mol. The fourth-order valence-corrected chi connectivity index (χ4v) is 2.77. The number of morpholine rings is 1. The van der Waals surface area contributed by atoms with Crippen molar-refractivity contribution in [2.75, 3.05) is 26.3 Å². The summed E-state index contributed by atoms with van der Waals surface area (Å²) < 4.78 is 5.47. The van der Waals surface area contributed by atoms with E-state index in [2.05, 4.69) is 19.2 Å². The van der Waals surface area contributed by atoms with Crippen LogP contribution in [0.5, 0.6) is 0 Å². The van der Waals surface area contributed by atoms with E-state index in [1.807, 2.05) is 11.8 Å². The predicted octanol–water partition coefficient (Wildman–Crippen LogP) is 1.16. The minimum Gasteiger partial charge on any atom is -0.377 e. The number of ether oxygens (including phenoxy) is 1. The Morgan fingerprint density at radius 1 is 1.29 bits per heavy atom. The van der Waals surface area contributed by atoms with Crippen LogP contribution in [0.15, 0.2) is 0 Å². The zero-order chi connectivity index (χ0) is 12.5. The number of hydrogen-bond acceptors (Lipinski definition) is 3. The lowest BCUT2D eigenvalue weighted by molar-refractivity contribution is -0.154. The van der Waals surface area contributed by atoms with E-state index in [9.17, 15) is 4.79 Å². The van der Waals surface area contributed by atoms with E-state index in [1.165, 1.54) is 6.42 Å². The number of nitrogens with one attached hydrogen (secondary N) is 1. The molecule has 0 spiro atoms. The van der Waals surface area contributed by atoms with Crippen molar-refractivity contribution in [2.45, 2.75) is 51.1 Å². The molecule has 1 amide bonds. The van der Waals surface area contributed by atoms with Gasteiger partial charge in [0.2, 0.25) is 5.91 Å². The first-order valence-corrected chi connectivity index (χ1v) is 6.61. The quantitative estimate of drug-likeness (QED) is 0.747. The third-order valence-electron chi connectivity index (χ3n) is 3.98. The second-order valence-electron chi connectivity index (χ2n) is 6.04. The van der Waals surface area contributed by atoms with Crippen molar-refractivity contribution in [3.8, 4) is 0 Å². The van der Waals surface area contributed by atoms with Gasteiger partial charge in [-0.3, -0.25) is 4.79 Å². The molecule has 4 heteroatoms. The molecule has 0 aromatic carbocycles. The van der Waals surface area contributed by atoms with Gasteiger partial charge in [-0.2, -0.15) is 0 Å². The van der Waals surface area contributed by atoms with Crippen LogP contribution in [0.2, 0.25) is 0 Å². The number of piperidine rings is 1. The van der Waals surface area contributed by atoms with Crippen molar-refractivity contribution < 1.29 is 9.53 Å². The maximum atomic E-state index is 12.7. The van der Waals surface area contributed by atoms with Crippen LogP contribution >= 0.6 is 0 Å². The Hall–Kier alpha value is -0.610. The largest absolute Gasteiger partial charge is 0.377 e. The number of rotatable bonds is 1. The molecule has 2 heterocycles. The summed E-state index contributed by atoms with van der Waals surface area (Å²) in [6, 6.07) is 0. The van der Waals surface area contributed by atoms with Crippen molar-refractivity contribution in [2.24, 2.45) is 0 Å². The van der Waals surface area contributed by atoms with Crippen molar-refractivity contribution in [3.05, 3.63) is 0 Å². The number of nitrogens with zero attached hydrogens (tertiary/aromatic N) is 1. The summed E-state index contributed by atoms with van der Waals surface area (Å²) in [4.78, 5) is 14.7. The zero-order valence-electron chi connectivity index (χ0n) is 11.2. The second-order valence-corrected chi connectivity index (χ2v) is 6.04. The summed E-state index contributed by atoms with van der Waals surface area (Å²) >= 11 is 0. The zero-order valence-corrected chi connectivity index (χ0v) is 11.2. The first-order chi connectivity index (χ1) is 7.96. The monoisotopic (exact) mass is 240 g/mol. The Balaban J connectivity index is 2.12. The van der Waals surface area contributed by atoms with Crippen molar-refractivity contribution >= 4 is 5.91 Å². The summed E-state index contributed by atoms with van der Waals surface area (Å²) in [6.07, 6.45) is 3.26. The third kappa shape index (κ3) is 2.47. The van der Waals surface area contributed by atoms with Gasteiger partial charge in [0, 0.05) is 6.54 Å². The molecule has 1 atom stereocenters. The van der Waals surface area contributed by atoms with Gasteiger partial charge in [0.1, 0.15) is 0 Å². The summed E-state index contributed by atoms with van der Waals surface area (Å²) in [5.41, 5.74) is -0.551. The van der Waals surface area contributed by atoms with Crippen LogP contribution in [-0.4, -0.2) is 48.2 Å². The first kappa shape index (κ1) is 12.8. The third-order valence-corrected chi connectivity index (χ3v) is 3.98. The van der Waals surface area contributed by atoms with Gasteiger partial charge in [-0.05, 0) is 46.6 Å². The molecule has 2 aliphatic rings. The molecule has 1 N–H and O–H groups in total. The Morgan fingerprint density at radius 2 is 2.06 bits per heavy atom. The number of hydrogen-bond donors (Lipinski definition) is 1. The molecule has 2 rings (SSSR count). The van der Waals surface area contributed by atoms with E-state index in [4.69, 9.17) is 4.74 Å². The maximum absolute atomic E-state index is 12.7. The van der Waals surface area contributed by atoms with E-state index >= 15 is 0 Å². The molecule has 0 bridgehead atoms. The molecule has 98 valence electrons. The predicted molar refractivity (Wildman–Crippen MR) is 66.9 cm³/mol. The fourth-order valence-electron chi connectivity index (χ4n) is 2.77. The molecule has 17 heavy (non-hydrogen) atoms. The van der Waals surface area contributed by atoms with Crippen LogP contribution in [0, 0.1) is 0 Å². The van der Waals surface area contributed by atoms with Gasteiger partial charge >= 0.3 is 0 Å². The highest BCUT2D eigenvalue weighted by atomic mass is 16.5. The van der Waals surface area contributed by atoms with Gasteiger partial charge in [0.15, 0.2) is 0 Å². The lowest BCUT2D eigenvalue weighted by atomic mass is 9.87. The summed E-state index contributed by atoms with van der Waals surface area (Å²) in [7, 11) is 0. The molecule has 2 aliphatic heterocycles. The Kier molecular flexibility index (Phi) is 3.46. The van der Waals surface area contributed by atoms with E-state index in [0.717, 1.165) is 19.4 Å². The normalized spacial score (nSPS) is 33.5. The van der Waals surface area contributed by atoms with Crippen LogP contribution in [0.1, 0.15) is 40.0 Å². The summed E-state index contributed by atoms with van der Waals surface area (Å²) in [5.74, 6) is 0.241. The van der Waals surface area contributed by atoms with E-state index < -0.39 is 0 Å². The molecule has 4 nitrogen and oxygen atoms in total. The van der Waals surface area contributed by atoms with Gasteiger partial charge in [0.05, 0.1) is 24.3 Å². The highest BCUT2D eigenvalue weighted by Gasteiger charge is 2.43. The molecular weight excluding hydrogens is 216 g/mol. The minimum absolute atomic E-state index is 0.183. The number of amides is 1. The topological polar surface area (TPSA) is 41.6 Å². The second kappa shape index (κ2) is 4.58. The highest BCUT2D eigenvalue weighted by molar-refractivity contribution is 5.86. The van der Waals surface area contributed by atoms with Gasteiger partial charge in [-0.1, -0.05) is 0 Å². The summed E-state index contributed by atoms with van der Waals surface area (Å²) in [6.45, 7) is 9.16. The fraction of sp³-hybridized carbons (Fsp3) is 0.923. The Morgan fingerprint density at radius 3 is 2.65 bits per heavy atom. The van der Waals surface area contributed by atoms with E-state index in [0.29, 0.717) is 19.8 Å². The molecule has 0 aliphatic carbocycles. The van der Waals surface area contributed by atoms with Crippen LogP contribution < -0.4 is 5.32 Å². The van der Waals surface area contributed by atoms with Crippen LogP contribution in [0.4, 0.5) is 0 Å².